The number of hydrogen-bond acceptors (Lipinski definition) is 2. The van der Waals surface area contributed by atoms with Gasteiger partial charge >= 0.3 is 26.2 Å². The predicted molar refractivity (Wildman–Crippen MR) is 172 cm³/mol. The van der Waals surface area contributed by atoms with Gasteiger partial charge in [-0.2, -0.15) is 49.2 Å². The zero-order valence-electron chi connectivity index (χ0n) is 23.5. The van der Waals surface area contributed by atoms with Gasteiger partial charge in [-0.3, -0.25) is 0 Å². The summed E-state index contributed by atoms with van der Waals surface area (Å²) < 4.78 is 0. The molecule has 1 unspecified atom stereocenters. The molecule has 2 nitrogen and oxygen atoms in total. The molecule has 1 aliphatic carbocycles. The van der Waals surface area contributed by atoms with Gasteiger partial charge in [0.15, 0.2) is 0 Å². The number of nitrogens with zero attached hydrogens (tertiary/aromatic N) is 1. The topological polar surface area (TPSA) is 32.6 Å². The monoisotopic (exact) mass is 621 g/mol. The second-order valence-electron chi connectivity index (χ2n) is 10.00. The van der Waals surface area contributed by atoms with Gasteiger partial charge in [-0.1, -0.05) is 97.1 Å². The molecule has 3 heteroatoms. The van der Waals surface area contributed by atoms with E-state index in [-0.39, 0.29) is 26.2 Å². The number of aliphatic hydroxyl groups is 1. The molecule has 1 aliphatic rings. The first-order chi connectivity index (χ1) is 20.0. The van der Waals surface area contributed by atoms with Crippen LogP contribution in [0.15, 0.2) is 163 Å². The summed E-state index contributed by atoms with van der Waals surface area (Å²) in [6.45, 7) is 7.44. The number of benzene rings is 6. The molecule has 0 heterocycles. The largest absolute Gasteiger partial charge is 2.00 e. The number of aliphatic imine (C=N–C) groups is 1. The molecule has 0 saturated carbocycles. The van der Waals surface area contributed by atoms with Gasteiger partial charge in [0.2, 0.25) is 0 Å². The van der Waals surface area contributed by atoms with E-state index in [1.54, 1.807) is 0 Å². The quantitative estimate of drug-likeness (QED) is 0.196. The summed E-state index contributed by atoms with van der Waals surface area (Å²) in [5.41, 5.74) is 5.61. The van der Waals surface area contributed by atoms with E-state index in [1.807, 2.05) is 127 Å². The van der Waals surface area contributed by atoms with Gasteiger partial charge in [0, 0.05) is 12.0 Å². The molecule has 0 saturated heterocycles. The van der Waals surface area contributed by atoms with Crippen molar-refractivity contribution >= 4 is 22.2 Å². The molecule has 0 spiro atoms. The molecular weight excluding hydrogens is 590 g/mol. The Bertz CT molecular complexity index is 1680. The van der Waals surface area contributed by atoms with Gasteiger partial charge < -0.3 is 5.11 Å². The van der Waals surface area contributed by atoms with E-state index < -0.39 is 5.60 Å². The van der Waals surface area contributed by atoms with Crippen LogP contribution in [0.5, 0.6) is 0 Å². The Morgan fingerprint density at radius 2 is 1.02 bits per heavy atom. The van der Waals surface area contributed by atoms with Crippen LogP contribution in [0.25, 0.3) is 10.8 Å². The molecule has 7 rings (SSSR count). The second kappa shape index (κ2) is 14.6. The Morgan fingerprint density at radius 3 is 1.52 bits per heavy atom. The van der Waals surface area contributed by atoms with Crippen LogP contribution < -0.4 is 0 Å². The fourth-order valence-corrected chi connectivity index (χ4v) is 5.04. The molecule has 0 aliphatic heterocycles. The van der Waals surface area contributed by atoms with Gasteiger partial charge in [-0.15, -0.1) is 24.3 Å². The van der Waals surface area contributed by atoms with Gasteiger partial charge in [0.05, 0.1) is 11.4 Å². The van der Waals surface area contributed by atoms with Crippen molar-refractivity contribution in [3.05, 3.63) is 199 Å². The minimum absolute atomic E-state index is 0. The molecule has 0 aromatic heterocycles. The maximum Gasteiger partial charge on any atom is 2.00 e. The van der Waals surface area contributed by atoms with Crippen molar-refractivity contribution in [2.24, 2.45) is 4.99 Å². The third-order valence-corrected chi connectivity index (χ3v) is 6.98. The minimum Gasteiger partial charge on any atom is -0.378 e. The SMILES string of the molecule is OC1(Cc2ccccc2)C(=Nc2ccccc2)c2cccc3cccc1c23.[CH2-]c1ccccc1.[CH2-]c1ccccc1.[Zr+2]. The van der Waals surface area contributed by atoms with Gasteiger partial charge in [0.1, 0.15) is 5.60 Å². The second-order valence-corrected chi connectivity index (χ2v) is 10.00. The molecule has 42 heavy (non-hydrogen) atoms. The summed E-state index contributed by atoms with van der Waals surface area (Å²) >= 11 is 0. The van der Waals surface area contributed by atoms with Crippen molar-refractivity contribution in [3.63, 3.8) is 0 Å². The molecule has 0 amide bonds. The van der Waals surface area contributed by atoms with Crippen molar-refractivity contribution in [1.82, 2.24) is 0 Å². The zero-order valence-corrected chi connectivity index (χ0v) is 26.0. The number of hydrogen-bond donors (Lipinski definition) is 1. The maximum absolute atomic E-state index is 12.0. The Kier molecular flexibility index (Phi) is 10.7. The van der Waals surface area contributed by atoms with Crippen LogP contribution in [0.4, 0.5) is 5.69 Å². The summed E-state index contributed by atoms with van der Waals surface area (Å²) in [6.07, 6.45) is 0.493. The average molecular weight is 623 g/mol. The standard InChI is InChI=1S/C25H19NO.2C7H7.Zr/c27-25(17-18-9-3-1-4-10-18)22-16-8-12-19-11-7-15-21(23(19)22)24(25)26-20-13-5-2-6-14-20;2*1-7-5-3-2-4-6-7;/h1-16,27H,17H2;2*2-6H,1H2;/q;2*-1;+2. The molecule has 0 bridgehead atoms. The fraction of sp³-hybridized carbons (Fsp3) is 0.0513. The van der Waals surface area contributed by atoms with E-state index in [0.717, 1.165) is 50.0 Å². The van der Waals surface area contributed by atoms with Crippen molar-refractivity contribution in [2.45, 2.75) is 12.0 Å². The molecule has 1 atom stereocenters. The first-order valence-corrected chi connectivity index (χ1v) is 13.7. The number of para-hydroxylation sites is 1. The van der Waals surface area contributed by atoms with Crippen LogP contribution in [-0.2, 0) is 38.2 Å². The third kappa shape index (κ3) is 7.36. The van der Waals surface area contributed by atoms with E-state index in [4.69, 9.17) is 4.99 Å². The molecule has 204 valence electrons. The molecule has 6 aromatic rings. The summed E-state index contributed by atoms with van der Waals surface area (Å²) in [4.78, 5) is 4.91. The first-order valence-electron chi connectivity index (χ1n) is 13.7. The summed E-state index contributed by atoms with van der Waals surface area (Å²) in [6, 6.07) is 52.1. The Labute approximate surface area is 268 Å². The van der Waals surface area contributed by atoms with Crippen molar-refractivity contribution in [3.8, 4) is 0 Å². The summed E-state index contributed by atoms with van der Waals surface area (Å²) in [5.74, 6) is 0. The van der Waals surface area contributed by atoms with Gasteiger partial charge in [-0.25, -0.2) is 4.99 Å². The van der Waals surface area contributed by atoms with Crippen LogP contribution in [0.1, 0.15) is 27.8 Å². The summed E-state index contributed by atoms with van der Waals surface area (Å²) in [5, 5.41) is 14.2. The molecule has 0 fully saturated rings. The molecule has 6 aromatic carbocycles. The van der Waals surface area contributed by atoms with E-state index in [0.29, 0.717) is 6.42 Å². The van der Waals surface area contributed by atoms with Crippen LogP contribution in [0, 0.1) is 13.8 Å². The van der Waals surface area contributed by atoms with Crippen LogP contribution in [-0.4, -0.2) is 10.8 Å². The van der Waals surface area contributed by atoms with E-state index in [2.05, 4.69) is 44.2 Å². The maximum atomic E-state index is 12.0. The summed E-state index contributed by atoms with van der Waals surface area (Å²) in [7, 11) is 0. The molecule has 0 radical (unpaired) electrons. The third-order valence-electron chi connectivity index (χ3n) is 6.98. The van der Waals surface area contributed by atoms with E-state index >= 15 is 0 Å². The fourth-order valence-electron chi connectivity index (χ4n) is 5.04. The van der Waals surface area contributed by atoms with Gasteiger partial charge in [-0.05, 0) is 34.0 Å². The van der Waals surface area contributed by atoms with Crippen LogP contribution in [0.3, 0.4) is 0 Å². The van der Waals surface area contributed by atoms with Crippen molar-refractivity contribution < 1.29 is 31.3 Å². The average Bonchev–Trinajstić information content (AvgIpc) is 3.24. The molecular formula is C39H33NOZr. The van der Waals surface area contributed by atoms with Crippen molar-refractivity contribution in [1.29, 1.82) is 0 Å². The zero-order chi connectivity index (χ0) is 28.5. The van der Waals surface area contributed by atoms with Crippen LogP contribution >= 0.6 is 0 Å². The Morgan fingerprint density at radius 1 is 0.548 bits per heavy atom. The Balaban J connectivity index is 0.000000222. The number of rotatable bonds is 3. The molecule has 1 N–H and O–H groups in total. The van der Waals surface area contributed by atoms with Crippen molar-refractivity contribution in [2.75, 3.05) is 0 Å². The van der Waals surface area contributed by atoms with Gasteiger partial charge in [0.25, 0.3) is 0 Å². The van der Waals surface area contributed by atoms with Crippen LogP contribution in [0.2, 0.25) is 0 Å². The minimum atomic E-state index is -1.15. The Hall–Kier alpha value is -4.17. The smallest absolute Gasteiger partial charge is 0.378 e. The normalized spacial score (nSPS) is 15.5. The first kappa shape index (κ1) is 30.8. The van der Waals surface area contributed by atoms with E-state index in [1.165, 1.54) is 0 Å². The predicted octanol–water partition coefficient (Wildman–Crippen LogP) is 9.14. The van der Waals surface area contributed by atoms with E-state index in [9.17, 15) is 5.11 Å².